The average Bonchev–Trinajstić information content (AvgIpc) is 3.11. The van der Waals surface area contributed by atoms with Crippen LogP contribution in [0.1, 0.15) is 12.0 Å². The van der Waals surface area contributed by atoms with E-state index in [0.717, 1.165) is 18.2 Å². The van der Waals surface area contributed by atoms with Crippen molar-refractivity contribution in [1.29, 1.82) is 0 Å². The van der Waals surface area contributed by atoms with Gasteiger partial charge in [-0.25, -0.2) is 8.42 Å². The minimum absolute atomic E-state index is 0.0226. The van der Waals surface area contributed by atoms with Crippen molar-refractivity contribution in [2.24, 2.45) is 0 Å². The van der Waals surface area contributed by atoms with Crippen LogP contribution in [0.3, 0.4) is 0 Å². The van der Waals surface area contributed by atoms with E-state index < -0.39 is 33.6 Å². The number of likely N-dealkylation sites (N-methyl/N-ethyl adjacent to an activating group) is 1. The Kier molecular flexibility index (Phi) is 6.00. The Morgan fingerprint density at radius 2 is 1.91 bits per heavy atom. The van der Waals surface area contributed by atoms with Gasteiger partial charge in [0.15, 0.2) is 0 Å². The minimum Gasteiger partial charge on any atom is -0.488 e. The smallest absolute Gasteiger partial charge is 0.419 e. The molecular formula is C22H20ClF3N2O3S. The van der Waals surface area contributed by atoms with Crippen molar-refractivity contribution in [2.75, 3.05) is 24.9 Å². The van der Waals surface area contributed by atoms with Crippen LogP contribution in [0, 0.1) is 0 Å². The van der Waals surface area contributed by atoms with E-state index in [1.54, 1.807) is 24.3 Å². The molecule has 0 aromatic heterocycles. The molecule has 1 saturated heterocycles. The number of nitrogens with zero attached hydrogens (tertiary/aromatic N) is 1. The van der Waals surface area contributed by atoms with Gasteiger partial charge in [0.2, 0.25) is 0 Å². The maximum absolute atomic E-state index is 13.5. The van der Waals surface area contributed by atoms with Gasteiger partial charge in [-0.1, -0.05) is 29.8 Å². The molecule has 1 fully saturated rings. The number of rotatable bonds is 5. The van der Waals surface area contributed by atoms with E-state index in [4.69, 9.17) is 16.3 Å². The molecule has 3 aromatic rings. The largest absolute Gasteiger partial charge is 0.488 e. The van der Waals surface area contributed by atoms with Crippen LogP contribution in [-0.4, -0.2) is 39.6 Å². The van der Waals surface area contributed by atoms with E-state index in [9.17, 15) is 21.6 Å². The lowest BCUT2D eigenvalue weighted by molar-refractivity contribution is -0.139. The Balaban J connectivity index is 1.65. The van der Waals surface area contributed by atoms with Crippen molar-refractivity contribution >= 4 is 38.1 Å². The van der Waals surface area contributed by atoms with E-state index in [1.165, 1.54) is 12.1 Å². The summed E-state index contributed by atoms with van der Waals surface area (Å²) < 4.78 is 74.2. The topological polar surface area (TPSA) is 58.6 Å². The van der Waals surface area contributed by atoms with Gasteiger partial charge in [-0.3, -0.25) is 4.72 Å². The van der Waals surface area contributed by atoms with Crippen LogP contribution in [0.25, 0.3) is 10.8 Å². The van der Waals surface area contributed by atoms with Crippen molar-refractivity contribution < 1.29 is 26.3 Å². The Hall–Kier alpha value is -2.49. The first-order valence-corrected chi connectivity index (χ1v) is 11.7. The lowest BCUT2D eigenvalue weighted by Crippen LogP contribution is -2.23. The summed E-state index contributed by atoms with van der Waals surface area (Å²) >= 11 is 6.13. The van der Waals surface area contributed by atoms with Crippen molar-refractivity contribution in [3.8, 4) is 5.75 Å². The first-order chi connectivity index (χ1) is 15.0. The summed E-state index contributed by atoms with van der Waals surface area (Å²) in [7, 11) is -2.20. The summed E-state index contributed by atoms with van der Waals surface area (Å²) in [6.45, 7) is 1.21. The van der Waals surface area contributed by atoms with Crippen LogP contribution in [0.5, 0.6) is 5.75 Å². The van der Waals surface area contributed by atoms with E-state index in [-0.39, 0.29) is 10.6 Å². The zero-order valence-electron chi connectivity index (χ0n) is 17.0. The molecule has 1 unspecified atom stereocenters. The van der Waals surface area contributed by atoms with Gasteiger partial charge in [0.25, 0.3) is 10.0 Å². The van der Waals surface area contributed by atoms with E-state index in [2.05, 4.69) is 4.72 Å². The summed E-state index contributed by atoms with van der Waals surface area (Å²) in [6.07, 6.45) is -4.45. The average molecular weight is 485 g/mol. The fraction of sp³-hybridized carbons (Fsp3) is 0.273. The van der Waals surface area contributed by atoms with Crippen LogP contribution >= 0.6 is 11.6 Å². The molecule has 1 heterocycles. The minimum atomic E-state index is -4.63. The summed E-state index contributed by atoms with van der Waals surface area (Å²) in [5, 5.41) is 1.81. The van der Waals surface area contributed by atoms with Crippen molar-refractivity contribution in [3.05, 3.63) is 65.2 Å². The number of likely N-dealkylation sites (tertiary alicyclic amines) is 1. The summed E-state index contributed by atoms with van der Waals surface area (Å²) in [5.41, 5.74) is -0.971. The number of benzene rings is 3. The Labute approximate surface area is 188 Å². The number of hydrogen-bond acceptors (Lipinski definition) is 4. The van der Waals surface area contributed by atoms with Crippen molar-refractivity contribution in [1.82, 2.24) is 4.90 Å². The Morgan fingerprint density at radius 1 is 1.12 bits per heavy atom. The summed E-state index contributed by atoms with van der Waals surface area (Å²) in [4.78, 5) is 1.92. The van der Waals surface area contributed by atoms with Crippen LogP contribution in [0.4, 0.5) is 18.9 Å². The van der Waals surface area contributed by atoms with Crippen molar-refractivity contribution in [2.45, 2.75) is 23.6 Å². The number of halogens is 4. The number of hydrogen-bond donors (Lipinski definition) is 1. The second-order valence-corrected chi connectivity index (χ2v) is 9.82. The first-order valence-electron chi connectivity index (χ1n) is 9.80. The highest BCUT2D eigenvalue weighted by Gasteiger charge is 2.36. The third-order valence-electron chi connectivity index (χ3n) is 5.29. The second kappa shape index (κ2) is 8.46. The number of nitrogens with one attached hydrogen (secondary N) is 1. The zero-order chi connectivity index (χ0) is 23.1. The molecule has 0 amide bonds. The molecule has 4 rings (SSSR count). The van der Waals surface area contributed by atoms with Gasteiger partial charge in [0.05, 0.1) is 16.1 Å². The standard InChI is InChI=1S/C22H20ClF3N2O3S/c1-28-10-9-16(13-28)31-21-12-15(5-8-19(21)22(24,25)26)27-32(29,30)17-6-7-18-14(11-17)3-2-4-20(18)23/h2-8,11-12,16,27H,9-10,13H2,1H3. The number of anilines is 1. The predicted molar refractivity (Wildman–Crippen MR) is 118 cm³/mol. The molecule has 170 valence electrons. The summed E-state index contributed by atoms with van der Waals surface area (Å²) in [5.74, 6) is -0.400. The van der Waals surface area contributed by atoms with Gasteiger partial charge in [0, 0.05) is 29.6 Å². The Morgan fingerprint density at radius 3 is 2.59 bits per heavy atom. The van der Waals surface area contributed by atoms with Gasteiger partial charge in [-0.2, -0.15) is 13.2 Å². The molecule has 0 spiro atoms. The maximum Gasteiger partial charge on any atom is 0.419 e. The van der Waals surface area contributed by atoms with E-state index in [0.29, 0.717) is 35.3 Å². The lowest BCUT2D eigenvalue weighted by Gasteiger charge is -2.19. The molecular weight excluding hydrogens is 465 g/mol. The number of sulfonamides is 1. The second-order valence-electron chi connectivity index (χ2n) is 7.73. The highest BCUT2D eigenvalue weighted by Crippen LogP contribution is 2.39. The van der Waals surface area contributed by atoms with Crippen LogP contribution in [0.2, 0.25) is 5.02 Å². The number of fused-ring (bicyclic) bond motifs is 1. The summed E-state index contributed by atoms with van der Waals surface area (Å²) in [6, 6.07) is 12.5. The zero-order valence-corrected chi connectivity index (χ0v) is 18.6. The molecule has 32 heavy (non-hydrogen) atoms. The molecule has 0 bridgehead atoms. The third kappa shape index (κ3) is 4.79. The molecule has 0 saturated carbocycles. The van der Waals surface area contributed by atoms with E-state index in [1.807, 2.05) is 11.9 Å². The molecule has 3 aromatic carbocycles. The van der Waals surface area contributed by atoms with Gasteiger partial charge in [-0.05, 0) is 49.2 Å². The molecule has 5 nitrogen and oxygen atoms in total. The maximum atomic E-state index is 13.5. The lowest BCUT2D eigenvalue weighted by atomic mass is 10.1. The highest BCUT2D eigenvalue weighted by molar-refractivity contribution is 7.92. The SMILES string of the molecule is CN1CCC(Oc2cc(NS(=O)(=O)c3ccc4c(Cl)cccc4c3)ccc2C(F)(F)F)C1. The van der Waals surface area contributed by atoms with E-state index >= 15 is 0 Å². The molecule has 1 atom stereocenters. The number of ether oxygens (including phenoxy) is 1. The quantitative estimate of drug-likeness (QED) is 0.527. The third-order valence-corrected chi connectivity index (χ3v) is 7.00. The molecule has 1 N–H and O–H groups in total. The molecule has 0 aliphatic carbocycles. The molecule has 1 aliphatic rings. The molecule has 0 radical (unpaired) electrons. The Bertz CT molecular complexity index is 1270. The fourth-order valence-electron chi connectivity index (χ4n) is 3.69. The molecule has 10 heteroatoms. The highest BCUT2D eigenvalue weighted by atomic mass is 35.5. The van der Waals surface area contributed by atoms with Gasteiger partial charge in [-0.15, -0.1) is 0 Å². The van der Waals surface area contributed by atoms with Crippen LogP contribution in [0.15, 0.2) is 59.5 Å². The normalized spacial score (nSPS) is 17.6. The monoisotopic (exact) mass is 484 g/mol. The predicted octanol–water partition coefficient (Wildman–Crippen LogP) is 5.40. The van der Waals surface area contributed by atoms with Gasteiger partial charge in [0.1, 0.15) is 11.9 Å². The van der Waals surface area contributed by atoms with Crippen LogP contribution in [-0.2, 0) is 16.2 Å². The first kappa shape index (κ1) is 22.7. The van der Waals surface area contributed by atoms with Crippen molar-refractivity contribution in [3.63, 3.8) is 0 Å². The van der Waals surface area contributed by atoms with Gasteiger partial charge < -0.3 is 9.64 Å². The molecule has 1 aliphatic heterocycles. The van der Waals surface area contributed by atoms with Crippen LogP contribution < -0.4 is 9.46 Å². The van der Waals surface area contributed by atoms with Gasteiger partial charge >= 0.3 is 6.18 Å². The number of alkyl halides is 3. The fourth-order valence-corrected chi connectivity index (χ4v) is 5.02.